The highest BCUT2D eigenvalue weighted by Crippen LogP contribution is 2.13. The quantitative estimate of drug-likeness (QED) is 0.790. The van der Waals surface area contributed by atoms with E-state index >= 15 is 0 Å². The van der Waals surface area contributed by atoms with Crippen molar-refractivity contribution < 1.29 is 23.1 Å². The predicted octanol–water partition coefficient (Wildman–Crippen LogP) is 1.22. The summed E-state index contributed by atoms with van der Waals surface area (Å²) in [4.78, 5) is 11.1. The second-order valence-corrected chi connectivity index (χ2v) is 6.47. The number of benzene rings is 1. The molecule has 0 spiro atoms. The van der Waals surface area contributed by atoms with Gasteiger partial charge in [-0.25, -0.2) is 8.42 Å². The first kappa shape index (κ1) is 16.6. The fourth-order valence-corrected chi connectivity index (χ4v) is 2.98. The van der Waals surface area contributed by atoms with Crippen LogP contribution in [0, 0.1) is 5.92 Å². The van der Waals surface area contributed by atoms with Crippen molar-refractivity contribution in [1.82, 2.24) is 4.72 Å². The number of methoxy groups -OCH3 is 1. The Morgan fingerprint density at radius 1 is 1.30 bits per heavy atom. The Morgan fingerprint density at radius 3 is 2.25 bits per heavy atom. The third-order valence-electron chi connectivity index (χ3n) is 2.76. The number of ether oxygens (including phenoxy) is 1. The molecule has 0 aliphatic heterocycles. The Hall–Kier alpha value is -1.44. The van der Waals surface area contributed by atoms with Crippen molar-refractivity contribution in [2.75, 3.05) is 7.11 Å². The molecule has 0 fully saturated rings. The lowest BCUT2D eigenvalue weighted by molar-refractivity contribution is -0.140. The van der Waals surface area contributed by atoms with Crippen molar-refractivity contribution in [1.29, 1.82) is 0 Å². The van der Waals surface area contributed by atoms with Gasteiger partial charge in [-0.3, -0.25) is 4.79 Å². The van der Waals surface area contributed by atoms with Crippen molar-refractivity contribution in [3.8, 4) is 0 Å². The van der Waals surface area contributed by atoms with Gasteiger partial charge in [0.1, 0.15) is 6.04 Å². The van der Waals surface area contributed by atoms with Gasteiger partial charge in [0, 0.05) is 7.11 Å². The van der Waals surface area contributed by atoms with Crippen molar-refractivity contribution in [3.05, 3.63) is 29.8 Å². The van der Waals surface area contributed by atoms with Gasteiger partial charge < -0.3 is 9.84 Å². The van der Waals surface area contributed by atoms with Crippen LogP contribution in [0.5, 0.6) is 0 Å². The van der Waals surface area contributed by atoms with Gasteiger partial charge in [-0.2, -0.15) is 4.72 Å². The summed E-state index contributed by atoms with van der Waals surface area (Å²) in [6.07, 6.45) is 0. The van der Waals surface area contributed by atoms with Gasteiger partial charge >= 0.3 is 5.97 Å². The maximum absolute atomic E-state index is 12.1. The predicted molar refractivity (Wildman–Crippen MR) is 73.7 cm³/mol. The molecular weight excluding hydrogens is 282 g/mol. The minimum Gasteiger partial charge on any atom is -0.480 e. The van der Waals surface area contributed by atoms with E-state index in [4.69, 9.17) is 9.84 Å². The van der Waals surface area contributed by atoms with Crippen LogP contribution in [0.15, 0.2) is 29.2 Å². The molecule has 0 saturated carbocycles. The molecule has 20 heavy (non-hydrogen) atoms. The average Bonchev–Trinajstić information content (AvgIpc) is 2.36. The molecule has 0 aliphatic rings. The Bertz CT molecular complexity index is 551. The van der Waals surface area contributed by atoms with Crippen LogP contribution in [0.25, 0.3) is 0 Å². The highest BCUT2D eigenvalue weighted by Gasteiger charge is 2.27. The maximum Gasteiger partial charge on any atom is 0.322 e. The van der Waals surface area contributed by atoms with Crippen LogP contribution in [0.2, 0.25) is 0 Å². The summed E-state index contributed by atoms with van der Waals surface area (Å²) < 4.78 is 31.4. The zero-order chi connectivity index (χ0) is 15.3. The fourth-order valence-electron chi connectivity index (χ4n) is 1.64. The molecular formula is C13H19NO5S. The number of nitrogens with one attached hydrogen (secondary N) is 1. The van der Waals surface area contributed by atoms with E-state index in [0.717, 1.165) is 5.56 Å². The number of carboxylic acid groups (broad SMARTS) is 1. The Kier molecular flexibility index (Phi) is 5.67. The second-order valence-electron chi connectivity index (χ2n) is 4.76. The van der Waals surface area contributed by atoms with Crippen LogP contribution in [0.3, 0.4) is 0 Å². The molecule has 0 aliphatic carbocycles. The van der Waals surface area contributed by atoms with Gasteiger partial charge in [-0.15, -0.1) is 0 Å². The highest BCUT2D eigenvalue weighted by atomic mass is 32.2. The monoisotopic (exact) mass is 301 g/mol. The molecule has 0 saturated heterocycles. The number of sulfonamides is 1. The highest BCUT2D eigenvalue weighted by molar-refractivity contribution is 7.89. The lowest BCUT2D eigenvalue weighted by Gasteiger charge is -2.18. The molecule has 0 unspecified atom stereocenters. The van der Waals surface area contributed by atoms with Gasteiger partial charge in [0.15, 0.2) is 0 Å². The van der Waals surface area contributed by atoms with Gasteiger partial charge in [0.25, 0.3) is 0 Å². The smallest absolute Gasteiger partial charge is 0.322 e. The summed E-state index contributed by atoms with van der Waals surface area (Å²) in [5.74, 6) is -1.55. The summed E-state index contributed by atoms with van der Waals surface area (Å²) in [6.45, 7) is 3.67. The van der Waals surface area contributed by atoms with Gasteiger partial charge in [-0.1, -0.05) is 26.0 Å². The van der Waals surface area contributed by atoms with Crippen LogP contribution in [0.4, 0.5) is 0 Å². The summed E-state index contributed by atoms with van der Waals surface area (Å²) in [5, 5.41) is 9.02. The molecule has 0 radical (unpaired) electrons. The first-order valence-corrected chi connectivity index (χ1v) is 7.59. The van der Waals surface area contributed by atoms with E-state index in [0.29, 0.717) is 6.61 Å². The zero-order valence-corrected chi connectivity index (χ0v) is 12.5. The molecule has 1 atom stereocenters. The van der Waals surface area contributed by atoms with Crippen LogP contribution >= 0.6 is 0 Å². The summed E-state index contributed by atoms with van der Waals surface area (Å²) in [7, 11) is -2.30. The van der Waals surface area contributed by atoms with Gasteiger partial charge in [0.2, 0.25) is 10.0 Å². The first-order valence-electron chi connectivity index (χ1n) is 6.11. The molecule has 0 heterocycles. The zero-order valence-electron chi connectivity index (χ0n) is 11.7. The third-order valence-corrected chi connectivity index (χ3v) is 4.22. The number of hydrogen-bond acceptors (Lipinski definition) is 4. The van der Waals surface area contributed by atoms with Gasteiger partial charge in [0.05, 0.1) is 11.5 Å². The van der Waals surface area contributed by atoms with Crippen molar-refractivity contribution in [2.45, 2.75) is 31.4 Å². The molecule has 112 valence electrons. The number of carbonyl (C=O) groups is 1. The second kappa shape index (κ2) is 6.83. The van der Waals surface area contributed by atoms with Crippen LogP contribution in [-0.4, -0.2) is 32.6 Å². The van der Waals surface area contributed by atoms with Crippen molar-refractivity contribution in [3.63, 3.8) is 0 Å². The fraction of sp³-hybridized carbons (Fsp3) is 0.462. The van der Waals surface area contributed by atoms with Crippen molar-refractivity contribution in [2.24, 2.45) is 5.92 Å². The molecule has 2 N–H and O–H groups in total. The van der Waals surface area contributed by atoms with E-state index in [1.807, 2.05) is 0 Å². The van der Waals surface area contributed by atoms with Crippen LogP contribution in [-0.2, 0) is 26.2 Å². The largest absolute Gasteiger partial charge is 0.480 e. The summed E-state index contributed by atoms with van der Waals surface area (Å²) in [6, 6.07) is 4.96. The van der Waals surface area contributed by atoms with E-state index < -0.39 is 22.0 Å². The number of rotatable bonds is 7. The average molecular weight is 301 g/mol. The molecule has 0 amide bonds. The minimum atomic E-state index is -3.85. The topological polar surface area (TPSA) is 92.7 Å². The van der Waals surface area contributed by atoms with E-state index in [9.17, 15) is 13.2 Å². The molecule has 6 nitrogen and oxygen atoms in total. The molecule has 1 rings (SSSR count). The molecule has 1 aromatic carbocycles. The molecule has 0 bridgehead atoms. The van der Waals surface area contributed by atoms with Crippen molar-refractivity contribution >= 4 is 16.0 Å². The van der Waals surface area contributed by atoms with E-state index in [1.165, 1.54) is 12.1 Å². The normalized spacial score (nSPS) is 13.4. The first-order chi connectivity index (χ1) is 9.27. The Balaban J connectivity index is 2.95. The van der Waals surface area contributed by atoms with E-state index in [2.05, 4.69) is 4.72 Å². The number of hydrogen-bond donors (Lipinski definition) is 2. The molecule has 1 aromatic rings. The minimum absolute atomic E-state index is 0.0317. The third kappa shape index (κ3) is 4.29. The lowest BCUT2D eigenvalue weighted by atomic mass is 10.1. The molecule has 0 aromatic heterocycles. The number of carboxylic acids is 1. The number of aliphatic carboxylic acids is 1. The summed E-state index contributed by atoms with van der Waals surface area (Å²) >= 11 is 0. The standard InChI is InChI=1S/C13H19NO5S/c1-9(2)12(13(15)16)14-20(17,18)11-6-4-10(5-7-11)8-19-3/h4-7,9,12,14H,8H2,1-3H3,(H,15,16)/t12-/m1/s1. The Labute approximate surface area is 118 Å². The SMILES string of the molecule is COCc1ccc(S(=O)(=O)N[C@@H](C(=O)O)C(C)C)cc1. The summed E-state index contributed by atoms with van der Waals surface area (Å²) in [5.41, 5.74) is 0.838. The van der Waals surface area contributed by atoms with Crippen LogP contribution in [0.1, 0.15) is 19.4 Å². The lowest BCUT2D eigenvalue weighted by Crippen LogP contribution is -2.44. The Morgan fingerprint density at radius 2 is 1.85 bits per heavy atom. The van der Waals surface area contributed by atoms with E-state index in [1.54, 1.807) is 33.1 Å². The maximum atomic E-state index is 12.1. The molecule has 7 heteroatoms. The van der Waals surface area contributed by atoms with Gasteiger partial charge in [-0.05, 0) is 23.6 Å². The van der Waals surface area contributed by atoms with E-state index in [-0.39, 0.29) is 10.8 Å². The van der Waals surface area contributed by atoms with Crippen LogP contribution < -0.4 is 4.72 Å².